The lowest BCUT2D eigenvalue weighted by Gasteiger charge is -2.30. The minimum atomic E-state index is -0.434. The van der Waals surface area contributed by atoms with Crippen molar-refractivity contribution in [2.45, 2.75) is 46.1 Å². The summed E-state index contributed by atoms with van der Waals surface area (Å²) in [4.78, 5) is 34.1. The van der Waals surface area contributed by atoms with Gasteiger partial charge in [0.05, 0.1) is 11.3 Å². The number of likely N-dealkylation sites (tertiary alicyclic amines) is 1. The number of esters is 1. The molecule has 1 aliphatic rings. The van der Waals surface area contributed by atoms with Crippen molar-refractivity contribution in [3.63, 3.8) is 0 Å². The molecule has 2 aromatic heterocycles. The van der Waals surface area contributed by atoms with Crippen LogP contribution in [0.2, 0.25) is 0 Å². The second kappa shape index (κ2) is 10.4. The predicted molar refractivity (Wildman–Crippen MR) is 132 cm³/mol. The first-order valence-corrected chi connectivity index (χ1v) is 12.4. The average molecular weight is 463 g/mol. The maximum atomic E-state index is 13.7. The van der Waals surface area contributed by atoms with Gasteiger partial charge in [-0.3, -0.25) is 14.7 Å². The van der Waals surface area contributed by atoms with E-state index >= 15 is 0 Å². The molecule has 3 aromatic rings. The lowest BCUT2D eigenvalue weighted by Crippen LogP contribution is -2.35. The van der Waals surface area contributed by atoms with Crippen molar-refractivity contribution in [3.05, 3.63) is 75.9 Å². The summed E-state index contributed by atoms with van der Waals surface area (Å²) >= 11 is 1.50. The minimum Gasteiger partial charge on any atom is -0.452 e. The highest BCUT2D eigenvalue weighted by Gasteiger charge is 2.29. The number of nitrogens with zero attached hydrogens (tertiary/aromatic N) is 2. The zero-order valence-corrected chi connectivity index (χ0v) is 20.3. The van der Waals surface area contributed by atoms with E-state index in [1.165, 1.54) is 37.5 Å². The van der Waals surface area contributed by atoms with Gasteiger partial charge in [-0.25, -0.2) is 4.79 Å². The molecule has 1 fully saturated rings. The van der Waals surface area contributed by atoms with Crippen molar-refractivity contribution in [2.75, 3.05) is 19.6 Å². The van der Waals surface area contributed by atoms with Gasteiger partial charge in [0, 0.05) is 28.2 Å². The number of thiophene rings is 1. The monoisotopic (exact) mass is 462 g/mol. The smallest absolute Gasteiger partial charge is 0.341 e. The van der Waals surface area contributed by atoms with Gasteiger partial charge in [-0.15, -0.1) is 11.3 Å². The van der Waals surface area contributed by atoms with Crippen molar-refractivity contribution < 1.29 is 14.3 Å². The van der Waals surface area contributed by atoms with Gasteiger partial charge in [0.1, 0.15) is 6.10 Å². The largest absolute Gasteiger partial charge is 0.452 e. The highest BCUT2D eigenvalue weighted by Crippen LogP contribution is 2.36. The summed E-state index contributed by atoms with van der Waals surface area (Å²) in [5.74, 6) is -0.540. The van der Waals surface area contributed by atoms with Gasteiger partial charge in [-0.05, 0) is 63.7 Å². The van der Waals surface area contributed by atoms with Crippen LogP contribution in [0.1, 0.15) is 70.0 Å². The number of aromatic nitrogens is 1. The summed E-state index contributed by atoms with van der Waals surface area (Å²) in [5.41, 5.74) is 3.69. The van der Waals surface area contributed by atoms with Crippen molar-refractivity contribution in [1.82, 2.24) is 9.88 Å². The number of pyridine rings is 1. The molecule has 6 heteroatoms. The summed E-state index contributed by atoms with van der Waals surface area (Å²) in [6.07, 6.45) is 3.19. The molecular weight excluding hydrogens is 432 g/mol. The molecule has 0 N–H and O–H groups in total. The molecule has 3 heterocycles. The summed E-state index contributed by atoms with van der Waals surface area (Å²) in [7, 11) is 0. The van der Waals surface area contributed by atoms with Crippen molar-refractivity contribution in [1.29, 1.82) is 0 Å². The predicted octanol–water partition coefficient (Wildman–Crippen LogP) is 6.01. The molecule has 33 heavy (non-hydrogen) atoms. The maximum Gasteiger partial charge on any atom is 0.341 e. The Labute approximate surface area is 199 Å². The van der Waals surface area contributed by atoms with E-state index in [-0.39, 0.29) is 5.78 Å². The normalized spacial score (nSPS) is 15.2. The van der Waals surface area contributed by atoms with Crippen LogP contribution in [0.5, 0.6) is 0 Å². The molecule has 0 spiro atoms. The van der Waals surface area contributed by atoms with E-state index in [0.29, 0.717) is 34.6 Å². The van der Waals surface area contributed by atoms with E-state index < -0.39 is 12.1 Å². The first-order chi connectivity index (χ1) is 16.0. The van der Waals surface area contributed by atoms with Gasteiger partial charge in [0.25, 0.3) is 0 Å². The van der Waals surface area contributed by atoms with E-state index in [1.54, 1.807) is 0 Å². The fourth-order valence-corrected chi connectivity index (χ4v) is 5.42. The average Bonchev–Trinajstić information content (AvgIpc) is 3.34. The molecule has 0 bridgehead atoms. The van der Waals surface area contributed by atoms with Gasteiger partial charge in [0.15, 0.2) is 5.78 Å². The molecule has 0 radical (unpaired) electrons. The van der Waals surface area contributed by atoms with E-state index in [0.717, 1.165) is 23.5 Å². The Morgan fingerprint density at radius 1 is 1.00 bits per heavy atom. The summed E-state index contributed by atoms with van der Waals surface area (Å²) in [6, 6.07) is 13.8. The lowest BCUT2D eigenvalue weighted by molar-refractivity contribution is 0.0177. The quantitative estimate of drug-likeness (QED) is 0.318. The molecule has 4 rings (SSSR count). The van der Waals surface area contributed by atoms with Gasteiger partial charge in [-0.1, -0.05) is 42.8 Å². The van der Waals surface area contributed by atoms with Crippen LogP contribution in [0.4, 0.5) is 0 Å². The third-order valence-electron chi connectivity index (χ3n) is 6.18. The molecule has 0 amide bonds. The van der Waals surface area contributed by atoms with E-state index in [9.17, 15) is 9.59 Å². The summed E-state index contributed by atoms with van der Waals surface area (Å²) in [6.45, 7) is 7.84. The number of aryl methyl sites for hydroxylation is 2. The number of piperidine rings is 1. The van der Waals surface area contributed by atoms with Crippen LogP contribution in [0.3, 0.4) is 0 Å². The van der Waals surface area contributed by atoms with Crippen LogP contribution >= 0.6 is 11.3 Å². The second-order valence-electron chi connectivity index (χ2n) is 8.61. The van der Waals surface area contributed by atoms with Gasteiger partial charge in [-0.2, -0.15) is 0 Å². The van der Waals surface area contributed by atoms with Gasteiger partial charge in [0.2, 0.25) is 0 Å². The van der Waals surface area contributed by atoms with Crippen LogP contribution in [0.15, 0.2) is 47.8 Å². The van der Waals surface area contributed by atoms with Gasteiger partial charge >= 0.3 is 5.97 Å². The van der Waals surface area contributed by atoms with E-state index in [4.69, 9.17) is 4.74 Å². The van der Waals surface area contributed by atoms with Crippen molar-refractivity contribution in [2.24, 2.45) is 0 Å². The van der Waals surface area contributed by atoms with Crippen LogP contribution in [-0.4, -0.2) is 41.3 Å². The SMILES string of the molecule is CC(=O)c1c(C)nc(C)c(C(=O)OC(CN2CCCCC2)c2ccccc2)c1-c1cccs1. The standard InChI is InChI=1S/C27H30N2O3S/c1-18-24(20(3)30)26(23-13-10-16-33-23)25(19(2)28-18)27(31)32-22(21-11-6-4-7-12-21)17-29-14-8-5-9-15-29/h4,6-7,10-13,16,22H,5,8-9,14-15,17H2,1-3H3. The molecule has 0 aliphatic carbocycles. The molecule has 0 saturated carbocycles. The topological polar surface area (TPSA) is 59.5 Å². The molecule has 172 valence electrons. The third kappa shape index (κ3) is 5.23. The lowest BCUT2D eigenvalue weighted by atomic mass is 9.95. The fraction of sp³-hybridized carbons (Fsp3) is 0.370. The Kier molecular flexibility index (Phi) is 7.36. The van der Waals surface area contributed by atoms with Crippen LogP contribution in [0, 0.1) is 13.8 Å². The fourth-order valence-electron chi connectivity index (χ4n) is 4.64. The molecule has 1 aromatic carbocycles. The second-order valence-corrected chi connectivity index (χ2v) is 9.55. The molecule has 1 atom stereocenters. The first-order valence-electron chi connectivity index (χ1n) is 11.5. The molecule has 5 nitrogen and oxygen atoms in total. The van der Waals surface area contributed by atoms with Crippen molar-refractivity contribution in [3.8, 4) is 10.4 Å². The van der Waals surface area contributed by atoms with Gasteiger partial charge < -0.3 is 4.74 Å². The number of hydrogen-bond acceptors (Lipinski definition) is 6. The molecule has 1 saturated heterocycles. The number of ether oxygens (including phenoxy) is 1. The molecular formula is C27H30N2O3S. The van der Waals surface area contributed by atoms with Crippen molar-refractivity contribution >= 4 is 23.1 Å². The number of Topliss-reactive ketones (excluding diaryl/α,β-unsaturated/α-hetero) is 1. The van der Waals surface area contributed by atoms with Crippen LogP contribution < -0.4 is 0 Å². The number of benzene rings is 1. The van der Waals surface area contributed by atoms with Crippen LogP contribution in [0.25, 0.3) is 10.4 Å². The Bertz CT molecular complexity index is 1120. The van der Waals surface area contributed by atoms with E-state index in [2.05, 4.69) is 9.88 Å². The Hall–Kier alpha value is -2.83. The Morgan fingerprint density at radius 3 is 2.33 bits per heavy atom. The number of ketones is 1. The Morgan fingerprint density at radius 2 is 1.70 bits per heavy atom. The molecule has 1 aliphatic heterocycles. The number of carbonyl (C=O) groups excluding carboxylic acids is 2. The highest BCUT2D eigenvalue weighted by molar-refractivity contribution is 7.13. The van der Waals surface area contributed by atoms with E-state index in [1.807, 2.05) is 61.7 Å². The zero-order chi connectivity index (χ0) is 23.4. The summed E-state index contributed by atoms with van der Waals surface area (Å²) < 4.78 is 6.19. The number of hydrogen-bond donors (Lipinski definition) is 0. The molecule has 1 unspecified atom stereocenters. The maximum absolute atomic E-state index is 13.7. The number of rotatable bonds is 7. The minimum absolute atomic E-state index is 0.106. The number of carbonyl (C=O) groups is 2. The summed E-state index contributed by atoms with van der Waals surface area (Å²) in [5, 5.41) is 1.95. The first kappa shape index (κ1) is 23.3. The van der Waals surface area contributed by atoms with Crippen LogP contribution in [-0.2, 0) is 4.74 Å². The zero-order valence-electron chi connectivity index (χ0n) is 19.5. The third-order valence-corrected chi connectivity index (χ3v) is 7.06. The Balaban J connectivity index is 1.74. The highest BCUT2D eigenvalue weighted by atomic mass is 32.1.